The van der Waals surface area contributed by atoms with Crippen molar-refractivity contribution in [2.45, 2.75) is 4.90 Å². The van der Waals surface area contributed by atoms with E-state index in [-0.39, 0.29) is 16.5 Å². The van der Waals surface area contributed by atoms with E-state index in [0.717, 1.165) is 16.5 Å². The van der Waals surface area contributed by atoms with Crippen LogP contribution in [0.1, 0.15) is 10.5 Å². The molecular weight excluding hydrogens is 450 g/mol. The Balaban J connectivity index is 1.40. The fourth-order valence-corrected chi connectivity index (χ4v) is 4.53. The Bertz CT molecular complexity index is 1630. The van der Waals surface area contributed by atoms with E-state index in [1.807, 2.05) is 42.5 Å². The minimum absolute atomic E-state index is 0.0390. The fraction of sp³-hybridized carbons (Fsp3) is 0. The van der Waals surface area contributed by atoms with Crippen LogP contribution in [-0.4, -0.2) is 29.3 Å². The van der Waals surface area contributed by atoms with Crippen LogP contribution in [0.25, 0.3) is 27.6 Å². The predicted molar refractivity (Wildman–Crippen MR) is 130 cm³/mol. The molecule has 8 nitrogen and oxygen atoms in total. The summed E-state index contributed by atoms with van der Waals surface area (Å²) in [4.78, 5) is 13.0. The van der Waals surface area contributed by atoms with Crippen LogP contribution in [0.2, 0.25) is 0 Å². The van der Waals surface area contributed by atoms with Crippen LogP contribution in [0.4, 0.5) is 5.69 Å². The third-order valence-corrected chi connectivity index (χ3v) is 6.38. The summed E-state index contributed by atoms with van der Waals surface area (Å²) < 4.78 is 25.3. The lowest BCUT2D eigenvalue weighted by molar-refractivity contribution is 0.101. The molecular formula is C25H19N5O3S. The molecule has 0 radical (unpaired) electrons. The topological polar surface area (TPSA) is 120 Å². The lowest BCUT2D eigenvalue weighted by Crippen LogP contribution is -2.17. The highest BCUT2D eigenvalue weighted by Gasteiger charge is 2.17. The largest absolute Gasteiger partial charge is 0.321 e. The summed E-state index contributed by atoms with van der Waals surface area (Å²) >= 11 is 0. The number of aromatic nitrogens is 3. The Kier molecular flexibility index (Phi) is 5.40. The highest BCUT2D eigenvalue weighted by Crippen LogP contribution is 2.28. The summed E-state index contributed by atoms with van der Waals surface area (Å²) in [5.41, 5.74) is 2.68. The Morgan fingerprint density at radius 3 is 2.32 bits per heavy atom. The maximum atomic E-state index is 13.0. The molecule has 0 fully saturated rings. The number of anilines is 1. The number of nitrogens with zero attached hydrogens (tertiary/aromatic N) is 3. The van der Waals surface area contributed by atoms with E-state index < -0.39 is 10.0 Å². The molecule has 0 aliphatic rings. The zero-order valence-corrected chi connectivity index (χ0v) is 18.6. The number of primary sulfonamides is 1. The average molecular weight is 470 g/mol. The van der Waals surface area contributed by atoms with Crippen LogP contribution in [0.5, 0.6) is 0 Å². The molecule has 3 N–H and O–H groups in total. The smallest absolute Gasteiger partial charge is 0.276 e. The molecule has 1 amide bonds. The van der Waals surface area contributed by atoms with Crippen LogP contribution in [0, 0.1) is 0 Å². The normalized spacial score (nSPS) is 11.4. The van der Waals surface area contributed by atoms with E-state index in [1.165, 1.54) is 16.9 Å². The molecule has 9 heteroatoms. The summed E-state index contributed by atoms with van der Waals surface area (Å²) in [7, 11) is -3.87. The Morgan fingerprint density at radius 2 is 1.56 bits per heavy atom. The number of amides is 1. The van der Waals surface area contributed by atoms with Gasteiger partial charge in [0.15, 0.2) is 5.69 Å². The molecule has 5 aromatic rings. The molecule has 0 atom stereocenters. The fourth-order valence-electron chi connectivity index (χ4n) is 3.77. The van der Waals surface area contributed by atoms with Crippen molar-refractivity contribution in [1.29, 1.82) is 0 Å². The van der Waals surface area contributed by atoms with Gasteiger partial charge in [-0.3, -0.25) is 4.79 Å². The SMILES string of the molecule is NS(=O)(=O)c1ccccc1-c1ccc(NC(=O)c2cnnn2-c2ccc3ccccc3c2)cc1. The molecule has 34 heavy (non-hydrogen) atoms. The van der Waals surface area contributed by atoms with Gasteiger partial charge >= 0.3 is 0 Å². The number of benzene rings is 4. The number of sulfonamides is 1. The zero-order chi connectivity index (χ0) is 23.7. The molecule has 0 saturated heterocycles. The molecule has 4 aromatic carbocycles. The van der Waals surface area contributed by atoms with Gasteiger partial charge in [-0.1, -0.05) is 65.9 Å². The van der Waals surface area contributed by atoms with Crippen molar-refractivity contribution < 1.29 is 13.2 Å². The van der Waals surface area contributed by atoms with E-state index in [4.69, 9.17) is 5.14 Å². The van der Waals surface area contributed by atoms with Crippen LogP contribution >= 0.6 is 0 Å². The van der Waals surface area contributed by atoms with E-state index in [2.05, 4.69) is 15.6 Å². The van der Waals surface area contributed by atoms with Gasteiger partial charge in [0, 0.05) is 11.3 Å². The highest BCUT2D eigenvalue weighted by atomic mass is 32.2. The second-order valence-electron chi connectivity index (χ2n) is 7.64. The zero-order valence-electron chi connectivity index (χ0n) is 17.8. The first-order valence-electron chi connectivity index (χ1n) is 10.3. The standard InChI is InChI=1S/C25H19N5O3S/c26-34(32,33)24-8-4-3-7-22(24)18-9-12-20(13-10-18)28-25(31)23-16-27-29-30(23)21-14-11-17-5-1-2-6-19(17)15-21/h1-16H,(H,28,31)(H2,26,32,33). The number of fused-ring (bicyclic) bond motifs is 1. The monoisotopic (exact) mass is 469 g/mol. The van der Waals surface area contributed by atoms with E-state index >= 15 is 0 Å². The van der Waals surface area contributed by atoms with Crippen molar-refractivity contribution in [1.82, 2.24) is 15.0 Å². The maximum absolute atomic E-state index is 13.0. The Hall–Kier alpha value is -4.34. The number of hydrogen-bond donors (Lipinski definition) is 2. The Morgan fingerprint density at radius 1 is 0.853 bits per heavy atom. The number of nitrogens with two attached hydrogens (primary N) is 1. The Labute approximate surface area is 195 Å². The average Bonchev–Trinajstić information content (AvgIpc) is 3.34. The van der Waals surface area contributed by atoms with Gasteiger partial charge in [0.05, 0.1) is 16.8 Å². The van der Waals surface area contributed by atoms with Gasteiger partial charge in [0.1, 0.15) is 0 Å². The molecule has 1 aromatic heterocycles. The summed E-state index contributed by atoms with van der Waals surface area (Å²) in [5, 5.41) is 18.3. The highest BCUT2D eigenvalue weighted by molar-refractivity contribution is 7.89. The minimum Gasteiger partial charge on any atom is -0.321 e. The van der Waals surface area contributed by atoms with Gasteiger partial charge < -0.3 is 5.32 Å². The molecule has 168 valence electrons. The van der Waals surface area contributed by atoms with Crippen molar-refractivity contribution >= 4 is 32.4 Å². The molecule has 1 heterocycles. The van der Waals surface area contributed by atoms with Crippen LogP contribution in [0.3, 0.4) is 0 Å². The van der Waals surface area contributed by atoms with Gasteiger partial charge in [-0.25, -0.2) is 18.2 Å². The minimum atomic E-state index is -3.87. The quantitative estimate of drug-likeness (QED) is 0.403. The maximum Gasteiger partial charge on any atom is 0.276 e. The van der Waals surface area contributed by atoms with Gasteiger partial charge in [-0.05, 0) is 46.7 Å². The first-order chi connectivity index (χ1) is 16.4. The number of carbonyl (C=O) groups is 1. The second-order valence-corrected chi connectivity index (χ2v) is 9.16. The third kappa shape index (κ3) is 4.17. The molecule has 0 unspecified atom stereocenters. The molecule has 0 saturated carbocycles. The summed E-state index contributed by atoms with van der Waals surface area (Å²) in [6.45, 7) is 0. The number of rotatable bonds is 5. The van der Waals surface area contributed by atoms with Crippen molar-refractivity contribution in [2.24, 2.45) is 5.14 Å². The summed E-state index contributed by atoms with van der Waals surface area (Å²) in [5.74, 6) is -0.379. The van der Waals surface area contributed by atoms with E-state index in [0.29, 0.717) is 16.8 Å². The first kappa shape index (κ1) is 21.5. The second kappa shape index (κ2) is 8.54. The first-order valence-corrected chi connectivity index (χ1v) is 11.9. The van der Waals surface area contributed by atoms with Crippen molar-refractivity contribution in [3.8, 4) is 16.8 Å². The lowest BCUT2D eigenvalue weighted by Gasteiger charge is -2.10. The number of nitrogens with one attached hydrogen (secondary N) is 1. The molecule has 5 rings (SSSR count). The van der Waals surface area contributed by atoms with Gasteiger partial charge in [0.2, 0.25) is 10.0 Å². The van der Waals surface area contributed by atoms with Crippen LogP contribution in [-0.2, 0) is 10.0 Å². The third-order valence-electron chi connectivity index (χ3n) is 5.41. The van der Waals surface area contributed by atoms with Gasteiger partial charge in [-0.15, -0.1) is 5.10 Å². The van der Waals surface area contributed by atoms with Gasteiger partial charge in [-0.2, -0.15) is 0 Å². The van der Waals surface area contributed by atoms with Crippen molar-refractivity contribution in [2.75, 3.05) is 5.32 Å². The summed E-state index contributed by atoms with van der Waals surface area (Å²) in [6.07, 6.45) is 1.40. The predicted octanol–water partition coefficient (Wildman–Crippen LogP) is 3.99. The molecule has 0 aliphatic heterocycles. The number of carbonyl (C=O) groups excluding carboxylic acids is 1. The van der Waals surface area contributed by atoms with Crippen molar-refractivity contribution in [3.05, 3.63) is 103 Å². The van der Waals surface area contributed by atoms with Crippen LogP contribution in [0.15, 0.2) is 102 Å². The van der Waals surface area contributed by atoms with Crippen molar-refractivity contribution in [3.63, 3.8) is 0 Å². The van der Waals surface area contributed by atoms with E-state index in [1.54, 1.807) is 42.5 Å². The van der Waals surface area contributed by atoms with Gasteiger partial charge in [0.25, 0.3) is 5.91 Å². The van der Waals surface area contributed by atoms with E-state index in [9.17, 15) is 13.2 Å². The number of hydrogen-bond acceptors (Lipinski definition) is 5. The summed E-state index contributed by atoms with van der Waals surface area (Å²) in [6, 6.07) is 27.0. The molecule has 0 spiro atoms. The lowest BCUT2D eigenvalue weighted by atomic mass is 10.1. The van der Waals surface area contributed by atoms with Crippen LogP contribution < -0.4 is 10.5 Å². The molecule has 0 aliphatic carbocycles. The molecule has 0 bridgehead atoms.